The standard InChI is InChI=1S/C10H22ClNO2S/c1-4-15(13,14)7-5-6-12-8-10(11)9(2)3/h9-10,12H,4-8H2,1-3H3. The molecule has 0 saturated carbocycles. The SMILES string of the molecule is CCS(=O)(=O)CCCNCC(Cl)C(C)C. The predicted molar refractivity (Wildman–Crippen MR) is 66.3 cm³/mol. The van der Waals surface area contributed by atoms with E-state index in [9.17, 15) is 8.42 Å². The smallest absolute Gasteiger partial charge is 0.150 e. The van der Waals surface area contributed by atoms with Crippen LogP contribution in [0, 0.1) is 5.92 Å². The molecule has 1 unspecified atom stereocenters. The number of sulfone groups is 1. The van der Waals surface area contributed by atoms with Gasteiger partial charge in [-0.15, -0.1) is 11.6 Å². The van der Waals surface area contributed by atoms with Crippen molar-refractivity contribution in [3.05, 3.63) is 0 Å². The molecule has 0 aromatic heterocycles. The molecule has 1 N–H and O–H groups in total. The molecule has 0 fully saturated rings. The first-order valence-corrected chi connectivity index (χ1v) is 7.70. The van der Waals surface area contributed by atoms with Crippen molar-refractivity contribution in [2.45, 2.75) is 32.6 Å². The molecule has 5 heteroatoms. The van der Waals surface area contributed by atoms with Gasteiger partial charge in [0.1, 0.15) is 9.84 Å². The van der Waals surface area contributed by atoms with Crippen molar-refractivity contribution < 1.29 is 8.42 Å². The van der Waals surface area contributed by atoms with Crippen LogP contribution < -0.4 is 5.32 Å². The summed E-state index contributed by atoms with van der Waals surface area (Å²) < 4.78 is 22.3. The molecule has 0 aliphatic rings. The Bertz CT molecular complexity index is 252. The molecule has 3 nitrogen and oxygen atoms in total. The fraction of sp³-hybridized carbons (Fsp3) is 1.00. The van der Waals surface area contributed by atoms with Crippen molar-refractivity contribution in [1.29, 1.82) is 0 Å². The van der Waals surface area contributed by atoms with Crippen LogP contribution in [0.2, 0.25) is 0 Å². The second kappa shape index (κ2) is 7.47. The third-order valence-corrected chi connectivity index (χ3v) is 4.76. The summed E-state index contributed by atoms with van der Waals surface area (Å²) in [5.41, 5.74) is 0. The minimum atomic E-state index is -2.81. The number of hydrogen-bond donors (Lipinski definition) is 1. The van der Waals surface area contributed by atoms with Gasteiger partial charge in [-0.1, -0.05) is 20.8 Å². The predicted octanol–water partition coefficient (Wildman–Crippen LogP) is 1.66. The number of hydrogen-bond acceptors (Lipinski definition) is 3. The number of nitrogens with one attached hydrogen (secondary N) is 1. The highest BCUT2D eigenvalue weighted by Gasteiger charge is 2.09. The molecule has 0 radical (unpaired) electrons. The molecule has 0 heterocycles. The van der Waals surface area contributed by atoms with Crippen molar-refractivity contribution in [1.82, 2.24) is 5.32 Å². The van der Waals surface area contributed by atoms with Gasteiger partial charge in [0.15, 0.2) is 0 Å². The van der Waals surface area contributed by atoms with Crippen LogP contribution in [0.5, 0.6) is 0 Å². The van der Waals surface area contributed by atoms with Crippen LogP contribution in [0.1, 0.15) is 27.2 Å². The Hall–Kier alpha value is 0.200. The summed E-state index contributed by atoms with van der Waals surface area (Å²) in [6.07, 6.45) is 0.665. The summed E-state index contributed by atoms with van der Waals surface area (Å²) in [6, 6.07) is 0. The van der Waals surface area contributed by atoms with Crippen LogP contribution in [0.4, 0.5) is 0 Å². The van der Waals surface area contributed by atoms with E-state index in [2.05, 4.69) is 19.2 Å². The number of halogens is 1. The van der Waals surface area contributed by atoms with E-state index in [-0.39, 0.29) is 16.9 Å². The van der Waals surface area contributed by atoms with Crippen LogP contribution in [0.15, 0.2) is 0 Å². The maximum atomic E-state index is 11.2. The largest absolute Gasteiger partial charge is 0.315 e. The van der Waals surface area contributed by atoms with Gasteiger partial charge in [0.25, 0.3) is 0 Å². The van der Waals surface area contributed by atoms with E-state index in [1.807, 2.05) is 0 Å². The second-order valence-electron chi connectivity index (χ2n) is 4.05. The Morgan fingerprint density at radius 1 is 1.33 bits per heavy atom. The minimum Gasteiger partial charge on any atom is -0.315 e. The number of alkyl halides is 1. The summed E-state index contributed by atoms with van der Waals surface area (Å²) in [7, 11) is -2.81. The molecule has 15 heavy (non-hydrogen) atoms. The zero-order valence-corrected chi connectivity index (χ0v) is 11.4. The normalized spacial score (nSPS) is 14.5. The highest BCUT2D eigenvalue weighted by atomic mass is 35.5. The van der Waals surface area contributed by atoms with Crippen LogP contribution in [-0.2, 0) is 9.84 Å². The van der Waals surface area contributed by atoms with Gasteiger partial charge in [-0.3, -0.25) is 0 Å². The molecule has 0 aromatic rings. The van der Waals surface area contributed by atoms with E-state index >= 15 is 0 Å². The molecule has 0 aliphatic carbocycles. The molecule has 0 saturated heterocycles. The van der Waals surface area contributed by atoms with Gasteiger partial charge in [0.05, 0.1) is 5.75 Å². The topological polar surface area (TPSA) is 46.2 Å². The summed E-state index contributed by atoms with van der Waals surface area (Å²) >= 11 is 6.03. The van der Waals surface area contributed by atoms with Crippen molar-refractivity contribution in [2.75, 3.05) is 24.6 Å². The summed E-state index contributed by atoms with van der Waals surface area (Å²) in [6.45, 7) is 7.28. The van der Waals surface area contributed by atoms with Crippen LogP contribution >= 0.6 is 11.6 Å². The minimum absolute atomic E-state index is 0.118. The van der Waals surface area contributed by atoms with E-state index in [1.165, 1.54) is 0 Å². The van der Waals surface area contributed by atoms with Crippen molar-refractivity contribution in [2.24, 2.45) is 5.92 Å². The van der Waals surface area contributed by atoms with Crippen LogP contribution in [-0.4, -0.2) is 38.4 Å². The van der Waals surface area contributed by atoms with Gasteiger partial charge in [-0.05, 0) is 18.9 Å². The lowest BCUT2D eigenvalue weighted by Gasteiger charge is -2.13. The van der Waals surface area contributed by atoms with Gasteiger partial charge < -0.3 is 5.32 Å². The zero-order chi connectivity index (χ0) is 11.9. The summed E-state index contributed by atoms with van der Waals surface area (Å²) in [5, 5.41) is 3.29. The fourth-order valence-electron chi connectivity index (χ4n) is 1.04. The molecular formula is C10H22ClNO2S. The lowest BCUT2D eigenvalue weighted by atomic mass is 10.1. The summed E-state index contributed by atoms with van der Waals surface area (Å²) in [5.74, 6) is 0.945. The average Bonchev–Trinajstić information content (AvgIpc) is 2.16. The molecule has 92 valence electrons. The van der Waals surface area contributed by atoms with Gasteiger partial charge in [-0.25, -0.2) is 8.42 Å². The third kappa shape index (κ3) is 8.05. The monoisotopic (exact) mass is 255 g/mol. The average molecular weight is 256 g/mol. The van der Waals surface area contributed by atoms with Crippen LogP contribution in [0.25, 0.3) is 0 Å². The Balaban J connectivity index is 3.49. The first-order valence-electron chi connectivity index (χ1n) is 5.44. The van der Waals surface area contributed by atoms with E-state index < -0.39 is 9.84 Å². The van der Waals surface area contributed by atoms with E-state index in [0.717, 1.165) is 13.1 Å². The molecule has 0 amide bonds. The molecule has 0 bridgehead atoms. The van der Waals surface area contributed by atoms with E-state index in [4.69, 9.17) is 11.6 Å². The van der Waals surface area contributed by atoms with E-state index in [0.29, 0.717) is 12.3 Å². The van der Waals surface area contributed by atoms with Gasteiger partial charge >= 0.3 is 0 Å². The Morgan fingerprint density at radius 3 is 2.40 bits per heavy atom. The maximum absolute atomic E-state index is 11.2. The Morgan fingerprint density at radius 2 is 1.93 bits per heavy atom. The highest BCUT2D eigenvalue weighted by molar-refractivity contribution is 7.91. The van der Waals surface area contributed by atoms with Gasteiger partial charge in [-0.2, -0.15) is 0 Å². The second-order valence-corrected chi connectivity index (χ2v) is 7.09. The Labute approximate surface area is 98.5 Å². The molecule has 1 atom stereocenters. The molecular weight excluding hydrogens is 234 g/mol. The van der Waals surface area contributed by atoms with Gasteiger partial charge in [0.2, 0.25) is 0 Å². The molecule has 0 spiro atoms. The molecule has 0 aliphatic heterocycles. The quantitative estimate of drug-likeness (QED) is 0.530. The Kier molecular flexibility index (Phi) is 7.57. The fourth-order valence-corrected chi connectivity index (χ4v) is 2.02. The van der Waals surface area contributed by atoms with E-state index in [1.54, 1.807) is 6.92 Å². The van der Waals surface area contributed by atoms with Crippen molar-refractivity contribution in [3.8, 4) is 0 Å². The maximum Gasteiger partial charge on any atom is 0.150 e. The van der Waals surface area contributed by atoms with Crippen LogP contribution in [0.3, 0.4) is 0 Å². The number of rotatable bonds is 8. The molecule has 0 aromatic carbocycles. The molecule has 0 rings (SSSR count). The zero-order valence-electron chi connectivity index (χ0n) is 9.79. The van der Waals surface area contributed by atoms with Crippen molar-refractivity contribution >= 4 is 21.4 Å². The lowest BCUT2D eigenvalue weighted by molar-refractivity contribution is 0.542. The first kappa shape index (κ1) is 15.2. The van der Waals surface area contributed by atoms with Crippen molar-refractivity contribution in [3.63, 3.8) is 0 Å². The first-order chi connectivity index (χ1) is 6.89. The third-order valence-electron chi connectivity index (χ3n) is 2.31. The lowest BCUT2D eigenvalue weighted by Crippen LogP contribution is -2.28. The highest BCUT2D eigenvalue weighted by Crippen LogP contribution is 2.07. The summed E-state index contributed by atoms with van der Waals surface area (Å²) in [4.78, 5) is 0. The van der Waals surface area contributed by atoms with Gasteiger partial charge in [0, 0.05) is 17.7 Å².